The van der Waals surface area contributed by atoms with Crippen LogP contribution in [0.3, 0.4) is 0 Å². The van der Waals surface area contributed by atoms with Gasteiger partial charge in [-0.05, 0) is 48.4 Å². The van der Waals surface area contributed by atoms with E-state index in [9.17, 15) is 0 Å². The largest absolute Gasteiger partial charge is 0.385 e. The standard InChI is InChI=1S/C20H19ClN2/c21-17-11-9-16(10-12-17)19(20-8-4-5-14-23-20)13-15-22-18-6-2-1-3-7-18/h1-12,14,19,22H,13,15H2/t19-/m1/s1. The molecule has 0 aliphatic rings. The highest BCUT2D eigenvalue weighted by atomic mass is 35.5. The van der Waals surface area contributed by atoms with Crippen molar-refractivity contribution in [3.05, 3.63) is 95.3 Å². The Morgan fingerprint density at radius 2 is 1.61 bits per heavy atom. The lowest BCUT2D eigenvalue weighted by Crippen LogP contribution is -2.10. The van der Waals surface area contributed by atoms with E-state index in [2.05, 4.69) is 40.6 Å². The number of benzene rings is 2. The predicted molar refractivity (Wildman–Crippen MR) is 97.1 cm³/mol. The summed E-state index contributed by atoms with van der Waals surface area (Å²) in [6.45, 7) is 0.883. The van der Waals surface area contributed by atoms with Gasteiger partial charge in [0.05, 0.1) is 0 Å². The molecule has 0 bridgehead atoms. The van der Waals surface area contributed by atoms with Gasteiger partial charge in [0.15, 0.2) is 0 Å². The Kier molecular flexibility index (Phi) is 5.28. The first-order valence-corrected chi connectivity index (χ1v) is 8.16. The highest BCUT2D eigenvalue weighted by Gasteiger charge is 2.15. The molecule has 2 nitrogen and oxygen atoms in total. The minimum atomic E-state index is 0.254. The molecule has 116 valence electrons. The number of aromatic nitrogens is 1. The van der Waals surface area contributed by atoms with Crippen molar-refractivity contribution < 1.29 is 0 Å². The van der Waals surface area contributed by atoms with Crippen LogP contribution < -0.4 is 5.32 Å². The summed E-state index contributed by atoms with van der Waals surface area (Å²) >= 11 is 6.02. The zero-order chi connectivity index (χ0) is 15.9. The normalized spacial score (nSPS) is 11.9. The average molecular weight is 323 g/mol. The summed E-state index contributed by atoms with van der Waals surface area (Å²) < 4.78 is 0. The lowest BCUT2D eigenvalue weighted by Gasteiger charge is -2.18. The van der Waals surface area contributed by atoms with Crippen molar-refractivity contribution in [1.82, 2.24) is 4.98 Å². The van der Waals surface area contributed by atoms with Gasteiger partial charge in [0.1, 0.15) is 0 Å². The molecule has 0 aliphatic heterocycles. The first-order valence-electron chi connectivity index (χ1n) is 7.78. The van der Waals surface area contributed by atoms with Gasteiger partial charge in [0, 0.05) is 35.1 Å². The lowest BCUT2D eigenvalue weighted by molar-refractivity contribution is 0.722. The van der Waals surface area contributed by atoms with Gasteiger partial charge in [-0.15, -0.1) is 0 Å². The quantitative estimate of drug-likeness (QED) is 0.660. The maximum absolute atomic E-state index is 6.02. The van der Waals surface area contributed by atoms with Crippen molar-refractivity contribution in [3.63, 3.8) is 0 Å². The van der Waals surface area contributed by atoms with Crippen LogP contribution in [0.25, 0.3) is 0 Å². The first kappa shape index (κ1) is 15.6. The molecule has 1 N–H and O–H groups in total. The number of rotatable bonds is 6. The molecule has 2 aromatic carbocycles. The van der Waals surface area contributed by atoms with E-state index in [-0.39, 0.29) is 5.92 Å². The second-order valence-corrected chi connectivity index (χ2v) is 5.88. The maximum atomic E-state index is 6.02. The van der Waals surface area contributed by atoms with Crippen molar-refractivity contribution >= 4 is 17.3 Å². The molecular formula is C20H19ClN2. The van der Waals surface area contributed by atoms with E-state index in [0.717, 1.165) is 29.4 Å². The Morgan fingerprint density at radius 3 is 2.30 bits per heavy atom. The first-order chi connectivity index (χ1) is 11.3. The summed E-state index contributed by atoms with van der Waals surface area (Å²) in [5, 5.41) is 4.23. The molecule has 0 unspecified atom stereocenters. The molecule has 0 fully saturated rings. The van der Waals surface area contributed by atoms with Crippen LogP contribution in [0, 0.1) is 0 Å². The number of nitrogens with zero attached hydrogens (tertiary/aromatic N) is 1. The summed E-state index contributed by atoms with van der Waals surface area (Å²) in [6, 6.07) is 24.4. The third kappa shape index (κ3) is 4.33. The van der Waals surface area contributed by atoms with Crippen LogP contribution in [0.4, 0.5) is 5.69 Å². The second kappa shape index (κ2) is 7.80. The molecule has 0 amide bonds. The van der Waals surface area contributed by atoms with Crippen molar-refractivity contribution in [2.75, 3.05) is 11.9 Å². The Morgan fingerprint density at radius 1 is 0.870 bits per heavy atom. The molecule has 0 saturated heterocycles. The SMILES string of the molecule is Clc1ccc([C@@H](CCNc2ccccc2)c2ccccn2)cc1. The monoisotopic (exact) mass is 322 g/mol. The fourth-order valence-electron chi connectivity index (χ4n) is 2.68. The van der Waals surface area contributed by atoms with Crippen LogP contribution in [0.5, 0.6) is 0 Å². The molecule has 1 atom stereocenters. The molecular weight excluding hydrogens is 304 g/mol. The number of nitrogens with one attached hydrogen (secondary N) is 1. The van der Waals surface area contributed by atoms with E-state index in [1.807, 2.05) is 48.7 Å². The van der Waals surface area contributed by atoms with Gasteiger partial charge in [-0.1, -0.05) is 48.0 Å². The number of hydrogen-bond acceptors (Lipinski definition) is 2. The molecule has 1 aromatic heterocycles. The fourth-order valence-corrected chi connectivity index (χ4v) is 2.81. The zero-order valence-electron chi connectivity index (χ0n) is 12.8. The van der Waals surface area contributed by atoms with Crippen LogP contribution in [0.2, 0.25) is 5.02 Å². The number of halogens is 1. The Balaban J connectivity index is 1.74. The van der Waals surface area contributed by atoms with Gasteiger partial charge in [0.2, 0.25) is 0 Å². The summed E-state index contributed by atoms with van der Waals surface area (Å²) in [4.78, 5) is 4.54. The molecule has 0 spiro atoms. The highest BCUT2D eigenvalue weighted by molar-refractivity contribution is 6.30. The van der Waals surface area contributed by atoms with Crippen LogP contribution in [-0.4, -0.2) is 11.5 Å². The van der Waals surface area contributed by atoms with Crippen molar-refractivity contribution in [3.8, 4) is 0 Å². The summed E-state index contributed by atoms with van der Waals surface area (Å²) in [5.74, 6) is 0.254. The van der Waals surface area contributed by atoms with Gasteiger partial charge >= 0.3 is 0 Å². The summed E-state index contributed by atoms with van der Waals surface area (Å²) in [5.41, 5.74) is 3.47. The summed E-state index contributed by atoms with van der Waals surface area (Å²) in [6.07, 6.45) is 2.82. The third-order valence-corrected chi connectivity index (χ3v) is 4.11. The highest BCUT2D eigenvalue weighted by Crippen LogP contribution is 2.27. The van der Waals surface area contributed by atoms with Gasteiger partial charge in [-0.3, -0.25) is 4.98 Å². The van der Waals surface area contributed by atoms with Crippen LogP contribution in [0.15, 0.2) is 79.0 Å². The predicted octanol–water partition coefficient (Wildman–Crippen LogP) is 5.37. The second-order valence-electron chi connectivity index (χ2n) is 5.44. The lowest BCUT2D eigenvalue weighted by atomic mass is 9.92. The number of para-hydroxylation sites is 1. The zero-order valence-corrected chi connectivity index (χ0v) is 13.6. The van der Waals surface area contributed by atoms with E-state index >= 15 is 0 Å². The van der Waals surface area contributed by atoms with E-state index in [1.165, 1.54) is 5.56 Å². The third-order valence-electron chi connectivity index (χ3n) is 3.85. The average Bonchev–Trinajstić information content (AvgIpc) is 2.61. The van der Waals surface area contributed by atoms with E-state index in [0.29, 0.717) is 0 Å². The minimum Gasteiger partial charge on any atom is -0.385 e. The smallest absolute Gasteiger partial charge is 0.0479 e. The minimum absolute atomic E-state index is 0.254. The summed E-state index contributed by atoms with van der Waals surface area (Å²) in [7, 11) is 0. The fraction of sp³-hybridized carbons (Fsp3) is 0.150. The Bertz CT molecular complexity index is 712. The van der Waals surface area contributed by atoms with Crippen LogP contribution in [0.1, 0.15) is 23.6 Å². The van der Waals surface area contributed by atoms with Gasteiger partial charge in [-0.25, -0.2) is 0 Å². The van der Waals surface area contributed by atoms with Crippen molar-refractivity contribution in [2.24, 2.45) is 0 Å². The van der Waals surface area contributed by atoms with Crippen LogP contribution >= 0.6 is 11.6 Å². The van der Waals surface area contributed by atoms with E-state index in [4.69, 9.17) is 11.6 Å². The number of hydrogen-bond donors (Lipinski definition) is 1. The molecule has 3 heteroatoms. The van der Waals surface area contributed by atoms with Gasteiger partial charge in [0.25, 0.3) is 0 Å². The van der Waals surface area contributed by atoms with E-state index in [1.54, 1.807) is 0 Å². The molecule has 23 heavy (non-hydrogen) atoms. The van der Waals surface area contributed by atoms with Crippen LogP contribution in [-0.2, 0) is 0 Å². The van der Waals surface area contributed by atoms with Gasteiger partial charge < -0.3 is 5.32 Å². The Hall–Kier alpha value is -2.32. The van der Waals surface area contributed by atoms with Crippen molar-refractivity contribution in [1.29, 1.82) is 0 Å². The number of anilines is 1. The number of pyridine rings is 1. The van der Waals surface area contributed by atoms with Crippen molar-refractivity contribution in [2.45, 2.75) is 12.3 Å². The maximum Gasteiger partial charge on any atom is 0.0479 e. The van der Waals surface area contributed by atoms with Gasteiger partial charge in [-0.2, -0.15) is 0 Å². The molecule has 0 aliphatic carbocycles. The molecule has 1 heterocycles. The molecule has 0 radical (unpaired) electrons. The molecule has 3 rings (SSSR count). The molecule has 0 saturated carbocycles. The van der Waals surface area contributed by atoms with E-state index < -0.39 is 0 Å². The topological polar surface area (TPSA) is 24.9 Å². The molecule has 3 aromatic rings. The Labute approximate surface area is 142 Å².